The first-order valence-electron chi connectivity index (χ1n) is 10.8. The average Bonchev–Trinajstić information content (AvgIpc) is 2.68. The summed E-state index contributed by atoms with van der Waals surface area (Å²) in [5, 5.41) is 11.3. The van der Waals surface area contributed by atoms with Gasteiger partial charge in [-0.05, 0) is 51.4 Å². The van der Waals surface area contributed by atoms with Gasteiger partial charge < -0.3 is 10.4 Å². The Morgan fingerprint density at radius 1 is 0.741 bits per heavy atom. The molecule has 0 spiro atoms. The molecular weight excluding hydrogens is 334 g/mol. The molecule has 0 saturated heterocycles. The van der Waals surface area contributed by atoms with Crippen molar-refractivity contribution in [3.63, 3.8) is 0 Å². The highest BCUT2D eigenvalue weighted by Crippen LogP contribution is 2.04. The summed E-state index contributed by atoms with van der Waals surface area (Å²) >= 11 is 0. The lowest BCUT2D eigenvalue weighted by Gasteiger charge is -2.02. The number of unbranched alkanes of at least 4 members (excludes halogenated alkanes) is 6. The Labute approximate surface area is 167 Å². The monoisotopic (exact) mass is 375 g/mol. The van der Waals surface area contributed by atoms with E-state index in [1.165, 1.54) is 25.7 Å². The lowest BCUT2D eigenvalue weighted by Crippen LogP contribution is -2.25. The number of carbonyl (C=O) groups is 1. The highest BCUT2D eigenvalue weighted by Gasteiger charge is 1.98. The maximum atomic E-state index is 11.3. The number of aliphatic hydroxyl groups excluding tert-OH is 1. The van der Waals surface area contributed by atoms with Gasteiger partial charge in [0.05, 0.1) is 6.61 Å². The molecule has 1 amide bonds. The van der Waals surface area contributed by atoms with E-state index in [2.05, 4.69) is 60.8 Å². The lowest BCUT2D eigenvalue weighted by molar-refractivity contribution is -0.121. The molecule has 154 valence electrons. The Balaban J connectivity index is 3.40. The van der Waals surface area contributed by atoms with E-state index in [0.29, 0.717) is 13.0 Å². The molecule has 3 nitrogen and oxygen atoms in total. The summed E-state index contributed by atoms with van der Waals surface area (Å²) in [5.41, 5.74) is 0. The zero-order valence-electron chi connectivity index (χ0n) is 17.4. The summed E-state index contributed by atoms with van der Waals surface area (Å²) in [6.07, 6.45) is 30.9. The van der Waals surface area contributed by atoms with Crippen molar-refractivity contribution in [1.82, 2.24) is 5.32 Å². The Kier molecular flexibility index (Phi) is 21.1. The largest absolute Gasteiger partial charge is 0.395 e. The number of rotatable bonds is 18. The number of aliphatic hydroxyl groups is 1. The predicted molar refractivity (Wildman–Crippen MR) is 118 cm³/mol. The van der Waals surface area contributed by atoms with Crippen LogP contribution in [0.1, 0.15) is 84.0 Å². The molecule has 0 bridgehead atoms. The molecule has 0 aromatic carbocycles. The van der Waals surface area contributed by atoms with Crippen LogP contribution in [-0.4, -0.2) is 24.2 Å². The van der Waals surface area contributed by atoms with Crippen molar-refractivity contribution in [2.45, 2.75) is 84.0 Å². The van der Waals surface area contributed by atoms with Crippen LogP contribution in [0.5, 0.6) is 0 Å². The number of hydrogen-bond acceptors (Lipinski definition) is 2. The van der Waals surface area contributed by atoms with E-state index >= 15 is 0 Å². The standard InChI is InChI=1S/C24H41NO2/c1-2-3-4-5-6-7-8-9-10-11-12-13-14-15-16-17-18-19-20-21-24(27)25-22-23-26/h6-7,9-10,12-13,15-16,26H,2-5,8,11,14,17-23H2,1H3,(H,25,27)/b7-6+,10-9+,13-12+,16-15+. The van der Waals surface area contributed by atoms with E-state index in [9.17, 15) is 4.79 Å². The van der Waals surface area contributed by atoms with Crippen molar-refractivity contribution in [3.8, 4) is 0 Å². The van der Waals surface area contributed by atoms with E-state index in [0.717, 1.165) is 44.9 Å². The Bertz CT molecular complexity index is 436. The van der Waals surface area contributed by atoms with Gasteiger partial charge in [-0.2, -0.15) is 0 Å². The van der Waals surface area contributed by atoms with E-state index in [4.69, 9.17) is 5.11 Å². The maximum Gasteiger partial charge on any atom is 0.220 e. The van der Waals surface area contributed by atoms with E-state index in [1.807, 2.05) is 0 Å². The Morgan fingerprint density at radius 3 is 1.78 bits per heavy atom. The molecule has 0 heterocycles. The topological polar surface area (TPSA) is 49.3 Å². The summed E-state index contributed by atoms with van der Waals surface area (Å²) in [7, 11) is 0. The SMILES string of the molecule is CCCCC/C=C/C/C=C/C/C=C/C/C=C/CCCCCC(=O)NCCO. The highest BCUT2D eigenvalue weighted by atomic mass is 16.3. The number of allylic oxidation sites excluding steroid dienone is 8. The first-order chi connectivity index (χ1) is 13.3. The molecule has 3 heteroatoms. The second-order valence-electron chi connectivity index (χ2n) is 6.76. The van der Waals surface area contributed by atoms with Crippen LogP contribution in [0.25, 0.3) is 0 Å². The maximum absolute atomic E-state index is 11.3. The van der Waals surface area contributed by atoms with Gasteiger partial charge in [-0.1, -0.05) is 74.8 Å². The van der Waals surface area contributed by atoms with Crippen molar-refractivity contribution in [3.05, 3.63) is 48.6 Å². The minimum Gasteiger partial charge on any atom is -0.395 e. The fourth-order valence-corrected chi connectivity index (χ4v) is 2.57. The van der Waals surface area contributed by atoms with Gasteiger partial charge in [0.15, 0.2) is 0 Å². The second-order valence-corrected chi connectivity index (χ2v) is 6.76. The minimum atomic E-state index is 0.0117. The summed E-state index contributed by atoms with van der Waals surface area (Å²) in [6, 6.07) is 0. The molecule has 0 aromatic heterocycles. The summed E-state index contributed by atoms with van der Waals surface area (Å²) in [5.74, 6) is 0.0433. The van der Waals surface area contributed by atoms with Gasteiger partial charge in [-0.3, -0.25) is 4.79 Å². The lowest BCUT2D eigenvalue weighted by atomic mass is 10.1. The summed E-state index contributed by atoms with van der Waals surface area (Å²) in [4.78, 5) is 11.3. The Hall–Kier alpha value is -1.61. The van der Waals surface area contributed by atoms with Gasteiger partial charge in [0.2, 0.25) is 5.91 Å². The predicted octanol–water partition coefficient (Wildman–Crippen LogP) is 6.02. The van der Waals surface area contributed by atoms with Crippen LogP contribution in [0.15, 0.2) is 48.6 Å². The third-order valence-corrected chi connectivity index (χ3v) is 4.17. The van der Waals surface area contributed by atoms with Crippen LogP contribution >= 0.6 is 0 Å². The number of nitrogens with one attached hydrogen (secondary N) is 1. The molecule has 0 unspecified atom stereocenters. The number of hydrogen-bond donors (Lipinski definition) is 2. The molecule has 0 rings (SSSR count). The van der Waals surface area contributed by atoms with Crippen molar-refractivity contribution in [2.24, 2.45) is 0 Å². The normalized spacial score (nSPS) is 12.2. The molecule has 0 saturated carbocycles. The van der Waals surface area contributed by atoms with Crippen LogP contribution in [0, 0.1) is 0 Å². The first kappa shape index (κ1) is 25.4. The van der Waals surface area contributed by atoms with Crippen molar-refractivity contribution < 1.29 is 9.90 Å². The van der Waals surface area contributed by atoms with Crippen molar-refractivity contribution in [2.75, 3.05) is 13.2 Å². The fourth-order valence-electron chi connectivity index (χ4n) is 2.57. The second kappa shape index (κ2) is 22.4. The number of carbonyl (C=O) groups excluding carboxylic acids is 1. The molecule has 0 radical (unpaired) electrons. The van der Waals surface area contributed by atoms with E-state index in [-0.39, 0.29) is 12.5 Å². The summed E-state index contributed by atoms with van der Waals surface area (Å²) < 4.78 is 0. The van der Waals surface area contributed by atoms with Gasteiger partial charge in [0, 0.05) is 13.0 Å². The molecule has 27 heavy (non-hydrogen) atoms. The average molecular weight is 376 g/mol. The molecule has 0 aliphatic rings. The zero-order chi connectivity index (χ0) is 19.8. The molecule has 0 aliphatic carbocycles. The zero-order valence-corrected chi connectivity index (χ0v) is 17.4. The first-order valence-corrected chi connectivity index (χ1v) is 10.8. The van der Waals surface area contributed by atoms with Crippen molar-refractivity contribution >= 4 is 5.91 Å². The van der Waals surface area contributed by atoms with Crippen LogP contribution in [0.3, 0.4) is 0 Å². The van der Waals surface area contributed by atoms with Crippen LogP contribution in [0.4, 0.5) is 0 Å². The fraction of sp³-hybridized carbons (Fsp3) is 0.625. The van der Waals surface area contributed by atoms with Crippen molar-refractivity contribution in [1.29, 1.82) is 0 Å². The third-order valence-electron chi connectivity index (χ3n) is 4.17. The van der Waals surface area contributed by atoms with Gasteiger partial charge in [0.1, 0.15) is 0 Å². The third kappa shape index (κ3) is 22.3. The highest BCUT2D eigenvalue weighted by molar-refractivity contribution is 5.75. The van der Waals surface area contributed by atoms with Gasteiger partial charge >= 0.3 is 0 Å². The molecule has 0 atom stereocenters. The quantitative estimate of drug-likeness (QED) is 0.227. The molecule has 0 fully saturated rings. The molecule has 2 N–H and O–H groups in total. The van der Waals surface area contributed by atoms with E-state index < -0.39 is 0 Å². The molecular formula is C24H41NO2. The molecule has 0 aliphatic heterocycles. The van der Waals surface area contributed by atoms with Gasteiger partial charge in [-0.25, -0.2) is 0 Å². The van der Waals surface area contributed by atoms with Gasteiger partial charge in [0.25, 0.3) is 0 Å². The van der Waals surface area contributed by atoms with Crippen LogP contribution < -0.4 is 5.32 Å². The minimum absolute atomic E-state index is 0.0117. The molecule has 0 aromatic rings. The van der Waals surface area contributed by atoms with Gasteiger partial charge in [-0.15, -0.1) is 0 Å². The Morgan fingerprint density at radius 2 is 1.26 bits per heavy atom. The number of amides is 1. The smallest absolute Gasteiger partial charge is 0.220 e. The van der Waals surface area contributed by atoms with Crippen LogP contribution in [-0.2, 0) is 4.79 Å². The summed E-state index contributed by atoms with van der Waals surface area (Å²) in [6.45, 7) is 2.61. The van der Waals surface area contributed by atoms with Crippen LogP contribution in [0.2, 0.25) is 0 Å². The van der Waals surface area contributed by atoms with E-state index in [1.54, 1.807) is 0 Å².